The zero-order chi connectivity index (χ0) is 28.6. The molecule has 2 amide bonds. The average Bonchev–Trinajstić information content (AvgIpc) is 3.64. The number of anilines is 1. The smallest absolute Gasteiger partial charge is 0.297 e. The lowest BCUT2D eigenvalue weighted by Gasteiger charge is -2.40. The SMILES string of the molecule is CCn1ncc2c(NC3CCCCC3)c(C3=NOC(C(=O)N4CCN(C)CC4)(C(=O)N4CCN(C)CC4)C3)cnc21. The molecule has 2 aromatic rings. The fourth-order valence-corrected chi connectivity index (χ4v) is 6.51. The van der Waals surface area contributed by atoms with E-state index >= 15 is 0 Å². The van der Waals surface area contributed by atoms with Gasteiger partial charge in [-0.3, -0.25) is 9.59 Å². The summed E-state index contributed by atoms with van der Waals surface area (Å²) >= 11 is 0. The number of oxime groups is 1. The van der Waals surface area contributed by atoms with Crippen LogP contribution in [0.25, 0.3) is 11.0 Å². The fourth-order valence-electron chi connectivity index (χ4n) is 6.51. The summed E-state index contributed by atoms with van der Waals surface area (Å²) in [6.45, 7) is 8.04. The van der Waals surface area contributed by atoms with Crippen molar-refractivity contribution in [2.75, 3.05) is 71.8 Å². The number of aromatic nitrogens is 3. The van der Waals surface area contributed by atoms with E-state index in [1.165, 1.54) is 19.3 Å². The molecular formula is C29H43N9O3. The molecule has 2 aromatic heterocycles. The van der Waals surface area contributed by atoms with Crippen molar-refractivity contribution in [1.82, 2.24) is 34.4 Å². The van der Waals surface area contributed by atoms with E-state index in [9.17, 15) is 9.59 Å². The number of aryl methyl sites for hydroxylation is 1. The molecule has 0 unspecified atom stereocenters. The van der Waals surface area contributed by atoms with Crippen molar-refractivity contribution in [3.05, 3.63) is 18.0 Å². The lowest BCUT2D eigenvalue weighted by atomic mass is 9.89. The Bertz CT molecular complexity index is 1270. The topological polar surface area (TPSA) is 111 Å². The zero-order valence-corrected chi connectivity index (χ0v) is 24.6. The molecule has 222 valence electrons. The molecule has 41 heavy (non-hydrogen) atoms. The first kappa shape index (κ1) is 27.9. The van der Waals surface area contributed by atoms with E-state index in [1.54, 1.807) is 16.0 Å². The van der Waals surface area contributed by atoms with Gasteiger partial charge in [0.25, 0.3) is 17.4 Å². The summed E-state index contributed by atoms with van der Waals surface area (Å²) in [6, 6.07) is 0.338. The van der Waals surface area contributed by atoms with Crippen LogP contribution in [0.2, 0.25) is 0 Å². The lowest BCUT2D eigenvalue weighted by Crippen LogP contribution is -2.63. The van der Waals surface area contributed by atoms with Crippen molar-refractivity contribution in [2.24, 2.45) is 5.16 Å². The summed E-state index contributed by atoms with van der Waals surface area (Å²) in [5.74, 6) is -0.578. The van der Waals surface area contributed by atoms with Gasteiger partial charge < -0.3 is 29.8 Å². The molecule has 3 aliphatic heterocycles. The highest BCUT2D eigenvalue weighted by Gasteiger charge is 2.57. The van der Waals surface area contributed by atoms with Crippen LogP contribution in [0.4, 0.5) is 5.69 Å². The molecule has 0 radical (unpaired) electrons. The molecule has 12 heteroatoms. The molecular weight excluding hydrogens is 522 g/mol. The van der Waals surface area contributed by atoms with Crippen LogP contribution in [0.1, 0.15) is 51.0 Å². The molecule has 6 rings (SSSR count). The van der Waals surface area contributed by atoms with Crippen LogP contribution >= 0.6 is 0 Å². The third-order valence-electron chi connectivity index (χ3n) is 9.23. The Kier molecular flexibility index (Phi) is 7.86. The number of carbonyl (C=O) groups excluding carboxylic acids is 2. The highest BCUT2D eigenvalue weighted by atomic mass is 16.7. The number of likely N-dealkylation sites (N-methyl/N-ethyl adjacent to an activating group) is 2. The van der Waals surface area contributed by atoms with Gasteiger partial charge in [0, 0.05) is 76.7 Å². The Morgan fingerprint density at radius 2 is 1.54 bits per heavy atom. The fraction of sp³-hybridized carbons (Fsp3) is 0.690. The van der Waals surface area contributed by atoms with Crippen molar-refractivity contribution >= 4 is 34.2 Å². The van der Waals surface area contributed by atoms with Gasteiger partial charge >= 0.3 is 0 Å². The molecule has 0 atom stereocenters. The van der Waals surface area contributed by atoms with E-state index < -0.39 is 5.60 Å². The summed E-state index contributed by atoms with van der Waals surface area (Å²) in [4.78, 5) is 47.2. The number of nitrogens with zero attached hydrogens (tertiary/aromatic N) is 8. The van der Waals surface area contributed by atoms with E-state index in [4.69, 9.17) is 9.82 Å². The maximum Gasteiger partial charge on any atom is 0.297 e. The van der Waals surface area contributed by atoms with Gasteiger partial charge in [-0.2, -0.15) is 5.10 Å². The molecule has 2 saturated heterocycles. The normalized spacial score (nSPS) is 22.6. The monoisotopic (exact) mass is 565 g/mol. The summed E-state index contributed by atoms with van der Waals surface area (Å²) in [5, 5.41) is 13.8. The maximum absolute atomic E-state index is 14.2. The lowest BCUT2D eigenvalue weighted by molar-refractivity contribution is -0.173. The number of nitrogens with one attached hydrogen (secondary N) is 1. The Morgan fingerprint density at radius 3 is 2.12 bits per heavy atom. The van der Waals surface area contributed by atoms with Gasteiger partial charge in [0.15, 0.2) is 5.65 Å². The summed E-state index contributed by atoms with van der Waals surface area (Å²) in [7, 11) is 4.09. The third-order valence-corrected chi connectivity index (χ3v) is 9.23. The van der Waals surface area contributed by atoms with Crippen molar-refractivity contribution in [2.45, 2.75) is 63.6 Å². The van der Waals surface area contributed by atoms with Gasteiger partial charge in [-0.1, -0.05) is 24.4 Å². The van der Waals surface area contributed by atoms with Crippen molar-refractivity contribution < 1.29 is 14.4 Å². The number of piperazine rings is 2. The number of rotatable bonds is 6. The molecule has 0 spiro atoms. The average molecular weight is 566 g/mol. The number of carbonyl (C=O) groups is 2. The Hall–Kier alpha value is -3.25. The van der Waals surface area contributed by atoms with Crippen molar-refractivity contribution in [3.8, 4) is 0 Å². The highest BCUT2D eigenvalue weighted by Crippen LogP contribution is 2.37. The minimum Gasteiger partial charge on any atom is -0.381 e. The summed E-state index contributed by atoms with van der Waals surface area (Å²) in [6.07, 6.45) is 9.59. The number of hydrogen-bond donors (Lipinski definition) is 1. The van der Waals surface area contributed by atoms with Crippen LogP contribution in [0.3, 0.4) is 0 Å². The number of fused-ring (bicyclic) bond motifs is 1. The van der Waals surface area contributed by atoms with Crippen LogP contribution in [0.5, 0.6) is 0 Å². The van der Waals surface area contributed by atoms with Gasteiger partial charge in [0.05, 0.1) is 29.4 Å². The molecule has 12 nitrogen and oxygen atoms in total. The number of hydrogen-bond acceptors (Lipinski definition) is 9. The molecule has 0 bridgehead atoms. The Morgan fingerprint density at radius 1 is 0.927 bits per heavy atom. The van der Waals surface area contributed by atoms with Gasteiger partial charge in [-0.15, -0.1) is 0 Å². The van der Waals surface area contributed by atoms with Crippen LogP contribution in [-0.2, 0) is 21.0 Å². The van der Waals surface area contributed by atoms with Crippen LogP contribution in [-0.4, -0.2) is 130 Å². The molecule has 1 N–H and O–H groups in total. The highest BCUT2D eigenvalue weighted by molar-refractivity contribution is 6.18. The Balaban J connectivity index is 1.35. The number of amides is 2. The van der Waals surface area contributed by atoms with Gasteiger partial charge in [-0.05, 0) is 33.9 Å². The van der Waals surface area contributed by atoms with Crippen LogP contribution in [0.15, 0.2) is 17.5 Å². The molecule has 5 heterocycles. The van der Waals surface area contributed by atoms with E-state index in [0.29, 0.717) is 44.5 Å². The van der Waals surface area contributed by atoms with Crippen LogP contribution < -0.4 is 5.32 Å². The second-order valence-electron chi connectivity index (χ2n) is 12.0. The van der Waals surface area contributed by atoms with Crippen molar-refractivity contribution in [3.63, 3.8) is 0 Å². The zero-order valence-electron chi connectivity index (χ0n) is 24.6. The van der Waals surface area contributed by atoms with E-state index in [-0.39, 0.29) is 18.2 Å². The first-order valence-electron chi connectivity index (χ1n) is 15.2. The van der Waals surface area contributed by atoms with Crippen LogP contribution in [0, 0.1) is 0 Å². The molecule has 3 fully saturated rings. The minimum atomic E-state index is -1.70. The summed E-state index contributed by atoms with van der Waals surface area (Å²) < 4.78 is 1.89. The van der Waals surface area contributed by atoms with E-state index in [2.05, 4.69) is 25.4 Å². The first-order valence-corrected chi connectivity index (χ1v) is 15.2. The van der Waals surface area contributed by atoms with E-state index in [1.807, 2.05) is 31.9 Å². The maximum atomic E-state index is 14.2. The van der Waals surface area contributed by atoms with Gasteiger partial charge in [-0.25, -0.2) is 9.67 Å². The third kappa shape index (κ3) is 5.27. The standard InChI is InChI=1S/C29H43N9O3/c1-4-38-26-23(20-31-38)25(32-21-8-6-5-7-9-21)22(19-30-26)24-18-29(41-33-24,27(39)36-14-10-34(2)11-15-36)28(40)37-16-12-35(3)13-17-37/h19-21H,4-18H2,1-3H3,(H,30,32). The molecule has 0 aromatic carbocycles. The predicted octanol–water partition coefficient (Wildman–Crippen LogP) is 1.61. The second kappa shape index (κ2) is 11.6. The Labute approximate surface area is 241 Å². The summed E-state index contributed by atoms with van der Waals surface area (Å²) in [5.41, 5.74) is 1.37. The number of pyridine rings is 1. The molecule has 1 aliphatic carbocycles. The predicted molar refractivity (Wildman–Crippen MR) is 157 cm³/mol. The van der Waals surface area contributed by atoms with E-state index in [0.717, 1.165) is 61.3 Å². The first-order chi connectivity index (χ1) is 19.9. The largest absolute Gasteiger partial charge is 0.381 e. The van der Waals surface area contributed by atoms with Crippen molar-refractivity contribution in [1.29, 1.82) is 0 Å². The minimum absolute atomic E-state index is 0.0811. The quantitative estimate of drug-likeness (QED) is 0.526. The van der Waals surface area contributed by atoms with Gasteiger partial charge in [0.1, 0.15) is 0 Å². The molecule has 4 aliphatic rings. The second-order valence-corrected chi connectivity index (χ2v) is 12.0. The van der Waals surface area contributed by atoms with Gasteiger partial charge in [0.2, 0.25) is 0 Å². The molecule has 1 saturated carbocycles.